The van der Waals surface area contributed by atoms with Crippen molar-refractivity contribution in [1.29, 1.82) is 0 Å². The molecule has 0 saturated carbocycles. The summed E-state index contributed by atoms with van der Waals surface area (Å²) in [4.78, 5) is 48.6. The average Bonchev–Trinajstić information content (AvgIpc) is 2.48. The van der Waals surface area contributed by atoms with Gasteiger partial charge in [-0.2, -0.15) is 0 Å². The van der Waals surface area contributed by atoms with Gasteiger partial charge < -0.3 is 14.1 Å². The molecule has 2 atom stereocenters. The van der Waals surface area contributed by atoms with Gasteiger partial charge in [-0.3, -0.25) is 19.3 Å². The van der Waals surface area contributed by atoms with Crippen LogP contribution in [0, 0.1) is 5.41 Å². The van der Waals surface area contributed by atoms with E-state index < -0.39 is 29.2 Å². The van der Waals surface area contributed by atoms with E-state index in [9.17, 15) is 19.2 Å². The Labute approximate surface area is 162 Å². The van der Waals surface area contributed by atoms with Crippen molar-refractivity contribution >= 4 is 46.6 Å². The van der Waals surface area contributed by atoms with Crippen molar-refractivity contribution in [3.8, 4) is 0 Å². The van der Waals surface area contributed by atoms with E-state index in [1.165, 1.54) is 23.0 Å². The molecule has 0 aliphatic rings. The van der Waals surface area contributed by atoms with Crippen LogP contribution in [0.5, 0.6) is 0 Å². The predicted molar refractivity (Wildman–Crippen MR) is 102 cm³/mol. The molecule has 25 heavy (non-hydrogen) atoms. The normalized spacial score (nSPS) is 13.9. The highest BCUT2D eigenvalue weighted by Crippen LogP contribution is 2.18. The lowest BCUT2D eigenvalue weighted by Gasteiger charge is -2.24. The van der Waals surface area contributed by atoms with E-state index in [4.69, 9.17) is 5.73 Å². The minimum absolute atomic E-state index is 0.000190. The Hall–Kier alpha value is -1.23. The first kappa shape index (κ1) is 23.8. The largest absolute Gasteiger partial charge is 0.393 e. The molecule has 9 heteroatoms. The van der Waals surface area contributed by atoms with Crippen LogP contribution in [0.2, 0.25) is 0 Å². The van der Waals surface area contributed by atoms with E-state index in [1.54, 1.807) is 39.6 Å². The molecular weight excluding hydrogens is 441 g/mol. The zero-order valence-corrected chi connectivity index (χ0v) is 17.6. The maximum atomic E-state index is 12.2. The molecule has 0 bridgehead atoms. The number of hydrogen-bond acceptors (Lipinski definition) is 6. The van der Waals surface area contributed by atoms with Gasteiger partial charge in [-0.15, -0.1) is 0 Å². The molecule has 0 aliphatic heterocycles. The Bertz CT molecular complexity index is 504. The lowest BCUT2D eigenvalue weighted by Crippen LogP contribution is -2.47. The zero-order chi connectivity index (χ0) is 19.8. The van der Waals surface area contributed by atoms with Crippen molar-refractivity contribution in [2.45, 2.75) is 59.0 Å². The second-order valence-corrected chi connectivity index (χ2v) is 7.60. The highest BCUT2D eigenvalue weighted by Gasteiger charge is 2.27. The summed E-state index contributed by atoms with van der Waals surface area (Å²) in [6.45, 7) is 7.17. The van der Waals surface area contributed by atoms with Gasteiger partial charge in [0.1, 0.15) is 11.8 Å². The fourth-order valence-electron chi connectivity index (χ4n) is 2.02. The van der Waals surface area contributed by atoms with E-state index in [0.717, 1.165) is 0 Å². The minimum Gasteiger partial charge on any atom is -0.393 e. The molecule has 0 spiro atoms. The first-order chi connectivity index (χ1) is 11.4. The number of likely N-dealkylation sites (N-methyl/N-ethyl adjacent to an activating group) is 1. The number of halogens is 1. The molecule has 0 fully saturated rings. The summed E-state index contributed by atoms with van der Waals surface area (Å²) < 4.78 is 4.67. The van der Waals surface area contributed by atoms with Crippen LogP contribution < -0.4 is 11.1 Å². The third-order valence-corrected chi connectivity index (χ3v) is 4.27. The standard InChI is InChI=1S/C16H28IN3O5/c1-10(8-13(18)22)20(5)9-14(23)19-11(15(24)25-17)6-7-12(21)16(2,3)4/h10-11H,6-9H2,1-5H3,(H2,18,22)(H,19,23). The smallest absolute Gasteiger partial charge is 0.338 e. The molecule has 0 aromatic carbocycles. The van der Waals surface area contributed by atoms with Crippen LogP contribution in [-0.2, 0) is 22.2 Å². The van der Waals surface area contributed by atoms with Gasteiger partial charge in [-0.1, -0.05) is 20.8 Å². The number of hydrogen-bond donors (Lipinski definition) is 2. The van der Waals surface area contributed by atoms with Gasteiger partial charge in [-0.25, -0.2) is 4.79 Å². The number of nitrogens with two attached hydrogens (primary N) is 1. The number of ketones is 1. The highest BCUT2D eigenvalue weighted by molar-refractivity contribution is 14.1. The molecule has 2 unspecified atom stereocenters. The van der Waals surface area contributed by atoms with Gasteiger partial charge in [-0.05, 0) is 20.4 Å². The summed E-state index contributed by atoms with van der Waals surface area (Å²) >= 11 is 1.45. The van der Waals surface area contributed by atoms with E-state index >= 15 is 0 Å². The summed E-state index contributed by atoms with van der Waals surface area (Å²) in [5, 5.41) is 2.59. The van der Waals surface area contributed by atoms with Gasteiger partial charge in [0, 0.05) is 24.3 Å². The maximum absolute atomic E-state index is 12.2. The van der Waals surface area contributed by atoms with Crippen LogP contribution in [0.15, 0.2) is 0 Å². The lowest BCUT2D eigenvalue weighted by molar-refractivity contribution is -0.137. The molecule has 3 N–H and O–H groups in total. The Kier molecular flexibility index (Phi) is 10.2. The Balaban J connectivity index is 4.70. The minimum atomic E-state index is -0.893. The monoisotopic (exact) mass is 469 g/mol. The van der Waals surface area contributed by atoms with Crippen molar-refractivity contribution in [2.24, 2.45) is 11.1 Å². The molecule has 2 amide bonds. The number of carbonyl (C=O) groups is 4. The van der Waals surface area contributed by atoms with Crippen molar-refractivity contribution in [2.75, 3.05) is 13.6 Å². The van der Waals surface area contributed by atoms with Gasteiger partial charge in [0.05, 0.1) is 6.54 Å². The second-order valence-electron chi connectivity index (χ2n) is 7.16. The summed E-state index contributed by atoms with van der Waals surface area (Å²) in [5.74, 6) is -1.45. The molecule has 0 aromatic heterocycles. The van der Waals surface area contributed by atoms with Crippen LogP contribution in [0.25, 0.3) is 0 Å². The molecule has 144 valence electrons. The third-order valence-electron chi connectivity index (χ3n) is 3.83. The van der Waals surface area contributed by atoms with E-state index in [1.807, 2.05) is 0 Å². The Morgan fingerprint density at radius 2 is 1.80 bits per heavy atom. The summed E-state index contributed by atoms with van der Waals surface area (Å²) in [6.07, 6.45) is 0.460. The molecule has 0 aromatic rings. The number of rotatable bonds is 10. The number of primary amides is 1. The van der Waals surface area contributed by atoms with Crippen LogP contribution in [0.4, 0.5) is 0 Å². The fourth-order valence-corrected chi connectivity index (χ4v) is 2.33. The van der Waals surface area contributed by atoms with Crippen LogP contribution in [0.3, 0.4) is 0 Å². The Morgan fingerprint density at radius 3 is 2.24 bits per heavy atom. The third kappa shape index (κ3) is 9.73. The van der Waals surface area contributed by atoms with Crippen molar-refractivity contribution in [1.82, 2.24) is 10.2 Å². The van der Waals surface area contributed by atoms with E-state index in [2.05, 4.69) is 8.38 Å². The summed E-state index contributed by atoms with van der Waals surface area (Å²) in [6, 6.07) is -1.10. The molecular formula is C16H28IN3O5. The summed E-state index contributed by atoms with van der Waals surface area (Å²) in [7, 11) is 1.68. The Morgan fingerprint density at radius 1 is 1.24 bits per heavy atom. The average molecular weight is 469 g/mol. The first-order valence-electron chi connectivity index (χ1n) is 8.02. The van der Waals surface area contributed by atoms with Crippen molar-refractivity contribution in [3.05, 3.63) is 0 Å². The van der Waals surface area contributed by atoms with Gasteiger partial charge >= 0.3 is 5.97 Å². The van der Waals surface area contributed by atoms with Crippen molar-refractivity contribution in [3.63, 3.8) is 0 Å². The molecule has 0 radical (unpaired) electrons. The SMILES string of the molecule is CC(CC(N)=O)N(C)CC(=O)NC(CCC(=O)C(C)(C)C)C(=O)OI. The number of amides is 2. The lowest BCUT2D eigenvalue weighted by atomic mass is 9.87. The van der Waals surface area contributed by atoms with E-state index in [-0.39, 0.29) is 37.6 Å². The number of carbonyl (C=O) groups excluding carboxylic acids is 4. The maximum Gasteiger partial charge on any atom is 0.338 e. The number of nitrogens with zero attached hydrogens (tertiary/aromatic N) is 1. The number of Topliss-reactive ketones (excluding diaryl/α,β-unsaturated/α-hetero) is 1. The van der Waals surface area contributed by atoms with Gasteiger partial charge in [0.15, 0.2) is 23.0 Å². The van der Waals surface area contributed by atoms with Crippen LogP contribution >= 0.6 is 23.0 Å². The molecule has 0 rings (SSSR count). The van der Waals surface area contributed by atoms with Gasteiger partial charge in [0.2, 0.25) is 11.8 Å². The quantitative estimate of drug-likeness (QED) is 0.460. The topological polar surface area (TPSA) is 119 Å². The van der Waals surface area contributed by atoms with Crippen LogP contribution in [0.1, 0.15) is 47.0 Å². The first-order valence-corrected chi connectivity index (χ1v) is 8.90. The molecule has 0 aliphatic carbocycles. The van der Waals surface area contributed by atoms with E-state index in [0.29, 0.717) is 0 Å². The molecule has 0 heterocycles. The van der Waals surface area contributed by atoms with Crippen LogP contribution in [-0.4, -0.2) is 54.1 Å². The van der Waals surface area contributed by atoms with Gasteiger partial charge in [0.25, 0.3) is 0 Å². The zero-order valence-electron chi connectivity index (χ0n) is 15.4. The molecule has 0 saturated heterocycles. The van der Waals surface area contributed by atoms with Crippen molar-refractivity contribution < 1.29 is 22.2 Å². The summed E-state index contributed by atoms with van der Waals surface area (Å²) in [5.41, 5.74) is 4.64. The second kappa shape index (κ2) is 10.7. The fraction of sp³-hybridized carbons (Fsp3) is 0.750. The predicted octanol–water partition coefficient (Wildman–Crippen LogP) is 0.956. The molecule has 8 nitrogen and oxygen atoms in total. The highest BCUT2D eigenvalue weighted by atomic mass is 127. The number of nitrogens with one attached hydrogen (secondary N) is 1.